The first-order valence-electron chi connectivity index (χ1n) is 5.89. The number of amides is 1. The molecule has 0 rings (SSSR count). The lowest BCUT2D eigenvalue weighted by Gasteiger charge is -2.21. The Morgan fingerprint density at radius 3 is 2.21 bits per heavy atom. The maximum Gasteiger partial charge on any atom is 0.408 e. The van der Waals surface area contributed by atoms with E-state index in [0.717, 1.165) is 0 Å². The highest BCUT2D eigenvalue weighted by Crippen LogP contribution is 2.07. The summed E-state index contributed by atoms with van der Waals surface area (Å²) in [6.45, 7) is 6.54. The lowest BCUT2D eigenvalue weighted by atomic mass is 10.2. The molecule has 0 aliphatic heterocycles. The van der Waals surface area contributed by atoms with E-state index in [0.29, 0.717) is 6.42 Å². The molecule has 0 aromatic carbocycles. The van der Waals surface area contributed by atoms with Crippen molar-refractivity contribution in [1.29, 1.82) is 0 Å². The fourth-order valence-corrected chi connectivity index (χ4v) is 2.80. The van der Waals surface area contributed by atoms with Gasteiger partial charge in [0.2, 0.25) is 0 Å². The van der Waals surface area contributed by atoms with E-state index < -0.39 is 39.3 Å². The number of carboxylic acid groups (broad SMARTS) is 1. The Bertz CT molecular complexity index is 423. The van der Waals surface area contributed by atoms with Crippen molar-refractivity contribution in [3.8, 4) is 0 Å². The molecule has 1 unspecified atom stereocenters. The van der Waals surface area contributed by atoms with Crippen LogP contribution in [0.5, 0.6) is 0 Å². The highest BCUT2D eigenvalue weighted by atomic mass is 32.2. The van der Waals surface area contributed by atoms with E-state index in [2.05, 4.69) is 0 Å². The van der Waals surface area contributed by atoms with Crippen LogP contribution in [0.25, 0.3) is 0 Å². The van der Waals surface area contributed by atoms with Crippen LogP contribution < -0.4 is 5.32 Å². The predicted octanol–water partition coefficient (Wildman–Crippen LogP) is 0.789. The lowest BCUT2D eigenvalue weighted by Crippen LogP contribution is -2.47. The number of rotatable bonds is 6. The first kappa shape index (κ1) is 17.7. The van der Waals surface area contributed by atoms with Crippen LogP contribution in [0.3, 0.4) is 0 Å². The third kappa shape index (κ3) is 8.41. The zero-order valence-electron chi connectivity index (χ0n) is 11.6. The topological polar surface area (TPSA) is 110 Å². The van der Waals surface area contributed by atoms with Gasteiger partial charge in [-0.2, -0.15) is 0 Å². The van der Waals surface area contributed by atoms with E-state index >= 15 is 0 Å². The van der Waals surface area contributed by atoms with Gasteiger partial charge >= 0.3 is 12.1 Å². The molecule has 2 N–H and O–H groups in total. The van der Waals surface area contributed by atoms with Gasteiger partial charge in [0.25, 0.3) is 0 Å². The van der Waals surface area contributed by atoms with E-state index in [1.54, 1.807) is 27.7 Å². The quantitative estimate of drug-likeness (QED) is 0.749. The first-order valence-corrected chi connectivity index (χ1v) is 7.71. The minimum Gasteiger partial charge on any atom is -0.480 e. The monoisotopic (exact) mass is 295 g/mol. The molecule has 7 nitrogen and oxygen atoms in total. The largest absolute Gasteiger partial charge is 0.480 e. The maximum atomic E-state index is 11.6. The molecule has 0 aliphatic rings. The molecule has 0 fully saturated rings. The van der Waals surface area contributed by atoms with E-state index in [4.69, 9.17) is 9.84 Å². The molecule has 0 saturated carbocycles. The van der Waals surface area contributed by atoms with Gasteiger partial charge in [-0.15, -0.1) is 0 Å². The van der Waals surface area contributed by atoms with Gasteiger partial charge in [-0.1, -0.05) is 6.92 Å². The van der Waals surface area contributed by atoms with Crippen LogP contribution in [0, 0.1) is 0 Å². The highest BCUT2D eigenvalue weighted by Gasteiger charge is 2.28. The summed E-state index contributed by atoms with van der Waals surface area (Å²) < 4.78 is 28.0. The predicted molar refractivity (Wildman–Crippen MR) is 69.7 cm³/mol. The second-order valence-corrected chi connectivity index (χ2v) is 7.38. The Hall–Kier alpha value is -1.31. The fourth-order valence-electron chi connectivity index (χ4n) is 1.27. The summed E-state index contributed by atoms with van der Waals surface area (Å²) in [6.07, 6.45) is -0.562. The van der Waals surface area contributed by atoms with Gasteiger partial charge in [-0.3, -0.25) is 0 Å². The van der Waals surface area contributed by atoms with Crippen molar-refractivity contribution >= 4 is 21.9 Å². The number of carbonyl (C=O) groups excluding carboxylic acids is 1. The van der Waals surface area contributed by atoms with Crippen LogP contribution in [0.4, 0.5) is 4.79 Å². The molecular formula is C11H21NO6S. The Morgan fingerprint density at radius 2 is 1.84 bits per heavy atom. The smallest absolute Gasteiger partial charge is 0.408 e. The lowest BCUT2D eigenvalue weighted by molar-refractivity contribution is -0.138. The van der Waals surface area contributed by atoms with Crippen LogP contribution >= 0.6 is 0 Å². The number of carboxylic acids is 1. The average molecular weight is 295 g/mol. The highest BCUT2D eigenvalue weighted by molar-refractivity contribution is 7.91. The Morgan fingerprint density at radius 1 is 1.32 bits per heavy atom. The first-order chi connectivity index (χ1) is 8.47. The molecule has 1 atom stereocenters. The number of carbonyl (C=O) groups is 2. The van der Waals surface area contributed by atoms with Crippen molar-refractivity contribution in [3.05, 3.63) is 0 Å². The number of sulfone groups is 1. The molecule has 0 radical (unpaired) electrons. The number of alkyl carbamates (subject to hydrolysis) is 1. The Kier molecular flexibility index (Phi) is 6.28. The fraction of sp³-hybridized carbons (Fsp3) is 0.818. The number of ether oxygens (including phenoxy) is 1. The second-order valence-electron chi connectivity index (χ2n) is 5.15. The number of hydrogen-bond acceptors (Lipinski definition) is 5. The molecule has 0 bridgehead atoms. The molecule has 8 heteroatoms. The van der Waals surface area contributed by atoms with E-state index in [9.17, 15) is 18.0 Å². The van der Waals surface area contributed by atoms with Crippen LogP contribution in [-0.2, 0) is 19.4 Å². The van der Waals surface area contributed by atoms with Crippen molar-refractivity contribution in [2.75, 3.05) is 11.5 Å². The molecule has 0 aromatic heterocycles. The van der Waals surface area contributed by atoms with Crippen LogP contribution in [0.15, 0.2) is 0 Å². The van der Waals surface area contributed by atoms with E-state index in [1.165, 1.54) is 0 Å². The summed E-state index contributed by atoms with van der Waals surface area (Å²) in [5.41, 5.74) is -0.782. The SMILES string of the molecule is CCCS(=O)(=O)CC(NC(=O)OC(C)(C)C)C(=O)O. The molecule has 112 valence electrons. The summed E-state index contributed by atoms with van der Waals surface area (Å²) >= 11 is 0. The van der Waals surface area contributed by atoms with Crippen molar-refractivity contribution in [3.63, 3.8) is 0 Å². The summed E-state index contributed by atoms with van der Waals surface area (Å²) in [7, 11) is -3.52. The average Bonchev–Trinajstić information content (AvgIpc) is 2.12. The van der Waals surface area contributed by atoms with Gasteiger partial charge in [0.05, 0.1) is 5.75 Å². The molecule has 0 aliphatic carbocycles. The molecule has 0 aromatic rings. The van der Waals surface area contributed by atoms with Gasteiger partial charge in [-0.05, 0) is 27.2 Å². The van der Waals surface area contributed by atoms with Crippen LogP contribution in [-0.4, -0.2) is 48.7 Å². The second kappa shape index (κ2) is 6.74. The molecular weight excluding hydrogens is 274 g/mol. The van der Waals surface area contributed by atoms with Crippen molar-refractivity contribution in [2.45, 2.75) is 45.8 Å². The Balaban J connectivity index is 4.69. The minimum atomic E-state index is -3.52. The number of nitrogens with one attached hydrogen (secondary N) is 1. The van der Waals surface area contributed by atoms with Gasteiger partial charge in [0.1, 0.15) is 11.6 Å². The number of aliphatic carboxylic acids is 1. The van der Waals surface area contributed by atoms with Crippen LogP contribution in [0.1, 0.15) is 34.1 Å². The van der Waals surface area contributed by atoms with Crippen molar-refractivity contribution in [1.82, 2.24) is 5.32 Å². The molecule has 1 amide bonds. The molecule has 19 heavy (non-hydrogen) atoms. The summed E-state index contributed by atoms with van der Waals surface area (Å²) in [6, 6.07) is -1.51. The van der Waals surface area contributed by atoms with Gasteiger partial charge < -0.3 is 15.2 Å². The van der Waals surface area contributed by atoms with Crippen molar-refractivity contribution in [2.24, 2.45) is 0 Å². The normalized spacial score (nSPS) is 13.7. The Labute approximate surface area is 113 Å². The summed E-state index contributed by atoms with van der Waals surface area (Å²) in [5, 5.41) is 11.0. The van der Waals surface area contributed by atoms with Gasteiger partial charge in [0, 0.05) is 5.75 Å². The summed E-state index contributed by atoms with van der Waals surface area (Å²) in [4.78, 5) is 22.4. The molecule has 0 spiro atoms. The third-order valence-electron chi connectivity index (χ3n) is 1.92. The van der Waals surface area contributed by atoms with Crippen LogP contribution in [0.2, 0.25) is 0 Å². The van der Waals surface area contributed by atoms with Gasteiger partial charge in [-0.25, -0.2) is 18.0 Å². The maximum absolute atomic E-state index is 11.6. The third-order valence-corrected chi connectivity index (χ3v) is 3.80. The zero-order chi connectivity index (χ0) is 15.3. The zero-order valence-corrected chi connectivity index (χ0v) is 12.4. The minimum absolute atomic E-state index is 0.118. The van der Waals surface area contributed by atoms with Crippen molar-refractivity contribution < 1.29 is 27.9 Å². The molecule has 0 heterocycles. The number of hydrogen-bond donors (Lipinski definition) is 2. The standard InChI is InChI=1S/C11H21NO6S/c1-5-6-19(16,17)7-8(9(13)14)12-10(15)18-11(2,3)4/h8H,5-7H2,1-4H3,(H,12,15)(H,13,14). The van der Waals surface area contributed by atoms with E-state index in [1.807, 2.05) is 5.32 Å². The summed E-state index contributed by atoms with van der Waals surface area (Å²) in [5.74, 6) is -2.17. The van der Waals surface area contributed by atoms with E-state index in [-0.39, 0.29) is 5.75 Å². The van der Waals surface area contributed by atoms with Gasteiger partial charge in [0.15, 0.2) is 9.84 Å². The molecule has 0 saturated heterocycles.